The highest BCUT2D eigenvalue weighted by atomic mass is 127. The number of halogens is 1. The Morgan fingerprint density at radius 3 is 2.89 bits per heavy atom. The summed E-state index contributed by atoms with van der Waals surface area (Å²) in [6, 6.07) is 3.62. The number of rotatable bonds is 0. The molecular formula is C5H2IN3. The lowest BCUT2D eigenvalue weighted by molar-refractivity contribution is 0.995. The monoisotopic (exact) mass is 231 g/mol. The van der Waals surface area contributed by atoms with Crippen molar-refractivity contribution < 1.29 is 0 Å². The maximum absolute atomic E-state index is 8.40. The number of hydrogen-bond donors (Lipinski definition) is 0. The lowest BCUT2D eigenvalue weighted by Gasteiger charge is -1.86. The number of nitrogens with zero attached hydrogens (tertiary/aromatic N) is 3. The molecule has 0 atom stereocenters. The Labute approximate surface area is 65.9 Å². The molecule has 0 aliphatic rings. The summed E-state index contributed by atoms with van der Waals surface area (Å²) in [6.07, 6.45) is 1.50. The molecule has 0 saturated carbocycles. The van der Waals surface area contributed by atoms with Crippen molar-refractivity contribution >= 4 is 22.6 Å². The first-order valence-corrected chi connectivity index (χ1v) is 3.30. The van der Waals surface area contributed by atoms with E-state index in [1.807, 2.05) is 28.7 Å². The highest BCUT2D eigenvalue weighted by Crippen LogP contribution is 2.03. The summed E-state index contributed by atoms with van der Waals surface area (Å²) in [5.74, 6) is 0. The van der Waals surface area contributed by atoms with Crippen molar-refractivity contribution in [3.8, 4) is 6.07 Å². The molecule has 44 valence electrons. The van der Waals surface area contributed by atoms with Crippen molar-refractivity contribution in [3.05, 3.63) is 21.5 Å². The lowest BCUT2D eigenvalue weighted by Crippen LogP contribution is -1.87. The van der Waals surface area contributed by atoms with Crippen LogP contribution in [0.1, 0.15) is 5.56 Å². The second kappa shape index (κ2) is 2.73. The van der Waals surface area contributed by atoms with E-state index in [-0.39, 0.29) is 0 Å². The molecular weight excluding hydrogens is 229 g/mol. The Hall–Kier alpha value is -0.700. The summed E-state index contributed by atoms with van der Waals surface area (Å²) >= 11 is 1.96. The van der Waals surface area contributed by atoms with E-state index in [0.717, 1.165) is 0 Å². The summed E-state index contributed by atoms with van der Waals surface area (Å²) in [6.45, 7) is 0. The normalized spacial score (nSPS) is 8.44. The maximum Gasteiger partial charge on any atom is 0.141 e. The molecule has 0 saturated heterocycles. The summed E-state index contributed by atoms with van der Waals surface area (Å²) in [4.78, 5) is 0. The molecule has 1 heterocycles. The zero-order valence-corrected chi connectivity index (χ0v) is 6.53. The predicted molar refractivity (Wildman–Crippen MR) is 39.5 cm³/mol. The van der Waals surface area contributed by atoms with Gasteiger partial charge in [0.2, 0.25) is 0 Å². The van der Waals surface area contributed by atoms with Crippen molar-refractivity contribution in [2.24, 2.45) is 0 Å². The first-order valence-electron chi connectivity index (χ1n) is 2.22. The van der Waals surface area contributed by atoms with E-state index in [1.54, 1.807) is 6.07 Å². The van der Waals surface area contributed by atoms with Crippen molar-refractivity contribution in [1.82, 2.24) is 10.2 Å². The molecule has 1 rings (SSSR count). The average Bonchev–Trinajstić information content (AvgIpc) is 1.89. The van der Waals surface area contributed by atoms with E-state index in [0.29, 0.717) is 9.26 Å². The maximum atomic E-state index is 8.40. The third kappa shape index (κ3) is 1.36. The zero-order valence-electron chi connectivity index (χ0n) is 4.37. The fraction of sp³-hybridized carbons (Fsp3) is 0. The van der Waals surface area contributed by atoms with Crippen LogP contribution in [0.2, 0.25) is 0 Å². The zero-order chi connectivity index (χ0) is 6.69. The Morgan fingerprint density at radius 1 is 1.67 bits per heavy atom. The van der Waals surface area contributed by atoms with Gasteiger partial charge >= 0.3 is 0 Å². The summed E-state index contributed by atoms with van der Waals surface area (Å²) in [7, 11) is 0. The van der Waals surface area contributed by atoms with Gasteiger partial charge < -0.3 is 0 Å². The Bertz CT molecular complexity index is 253. The van der Waals surface area contributed by atoms with Crippen LogP contribution < -0.4 is 0 Å². The molecule has 9 heavy (non-hydrogen) atoms. The van der Waals surface area contributed by atoms with Gasteiger partial charge in [0.1, 0.15) is 9.77 Å². The Balaban J connectivity index is 3.20. The third-order valence-corrected chi connectivity index (χ3v) is 1.59. The van der Waals surface area contributed by atoms with Gasteiger partial charge in [0, 0.05) is 0 Å². The van der Waals surface area contributed by atoms with E-state index in [2.05, 4.69) is 10.2 Å². The molecule has 0 aliphatic carbocycles. The van der Waals surface area contributed by atoms with E-state index >= 15 is 0 Å². The minimum atomic E-state index is 0.575. The SMILES string of the molecule is N#Cc1ccnnc1I. The molecule has 0 aliphatic heterocycles. The molecule has 1 aromatic rings. The molecule has 0 radical (unpaired) electrons. The molecule has 0 fully saturated rings. The molecule has 3 nitrogen and oxygen atoms in total. The predicted octanol–water partition coefficient (Wildman–Crippen LogP) is 0.953. The molecule has 0 N–H and O–H groups in total. The van der Waals surface area contributed by atoms with Gasteiger partial charge in [-0.25, -0.2) is 0 Å². The van der Waals surface area contributed by atoms with Crippen LogP contribution >= 0.6 is 22.6 Å². The number of aromatic nitrogens is 2. The number of nitriles is 1. The van der Waals surface area contributed by atoms with E-state index in [1.165, 1.54) is 6.20 Å². The molecule has 0 spiro atoms. The molecule has 1 aromatic heterocycles. The number of hydrogen-bond acceptors (Lipinski definition) is 3. The lowest BCUT2D eigenvalue weighted by atomic mass is 10.3. The van der Waals surface area contributed by atoms with Gasteiger partial charge in [0.25, 0.3) is 0 Å². The minimum Gasteiger partial charge on any atom is -0.192 e. The van der Waals surface area contributed by atoms with Crippen LogP contribution in [0, 0.1) is 15.0 Å². The minimum absolute atomic E-state index is 0.575. The quantitative estimate of drug-likeness (QED) is 0.624. The molecule has 0 aromatic carbocycles. The average molecular weight is 231 g/mol. The van der Waals surface area contributed by atoms with Crippen LogP contribution in [0.3, 0.4) is 0 Å². The Morgan fingerprint density at radius 2 is 2.44 bits per heavy atom. The van der Waals surface area contributed by atoms with Crippen molar-refractivity contribution in [3.63, 3.8) is 0 Å². The first-order chi connectivity index (χ1) is 4.34. The van der Waals surface area contributed by atoms with Gasteiger partial charge in [0.15, 0.2) is 0 Å². The van der Waals surface area contributed by atoms with Gasteiger partial charge in [-0.15, -0.1) is 5.10 Å². The van der Waals surface area contributed by atoms with E-state index in [4.69, 9.17) is 5.26 Å². The molecule has 0 unspecified atom stereocenters. The van der Waals surface area contributed by atoms with Gasteiger partial charge in [-0.1, -0.05) is 0 Å². The molecule has 4 heteroatoms. The van der Waals surface area contributed by atoms with Crippen LogP contribution in [0.4, 0.5) is 0 Å². The van der Waals surface area contributed by atoms with Crippen LogP contribution in [0.25, 0.3) is 0 Å². The molecule has 0 bridgehead atoms. The highest BCUT2D eigenvalue weighted by molar-refractivity contribution is 14.1. The van der Waals surface area contributed by atoms with Crippen molar-refractivity contribution in [2.75, 3.05) is 0 Å². The first kappa shape index (κ1) is 6.42. The fourth-order valence-corrected chi connectivity index (χ4v) is 0.823. The van der Waals surface area contributed by atoms with E-state index in [9.17, 15) is 0 Å². The summed E-state index contributed by atoms with van der Waals surface area (Å²) in [5.41, 5.74) is 0.575. The smallest absolute Gasteiger partial charge is 0.141 e. The highest BCUT2D eigenvalue weighted by Gasteiger charge is 1.95. The van der Waals surface area contributed by atoms with Crippen molar-refractivity contribution in [2.45, 2.75) is 0 Å². The van der Waals surface area contributed by atoms with Gasteiger partial charge in [-0.2, -0.15) is 10.4 Å². The van der Waals surface area contributed by atoms with Crippen molar-refractivity contribution in [1.29, 1.82) is 5.26 Å². The fourth-order valence-electron chi connectivity index (χ4n) is 0.398. The second-order valence-corrected chi connectivity index (χ2v) is 2.37. The van der Waals surface area contributed by atoms with Crippen LogP contribution in [0.15, 0.2) is 12.3 Å². The topological polar surface area (TPSA) is 49.6 Å². The Kier molecular flexibility index (Phi) is 1.95. The summed E-state index contributed by atoms with van der Waals surface area (Å²) < 4.78 is 0.651. The second-order valence-electron chi connectivity index (χ2n) is 1.35. The van der Waals surface area contributed by atoms with Crippen LogP contribution in [-0.2, 0) is 0 Å². The largest absolute Gasteiger partial charge is 0.192 e. The standard InChI is InChI=1S/C5H2IN3/c6-5-4(3-7)1-2-8-9-5/h1-2H. The van der Waals surface area contributed by atoms with Crippen LogP contribution in [0.5, 0.6) is 0 Å². The molecule has 0 amide bonds. The van der Waals surface area contributed by atoms with E-state index < -0.39 is 0 Å². The van der Waals surface area contributed by atoms with Gasteiger partial charge in [0.05, 0.1) is 11.8 Å². The van der Waals surface area contributed by atoms with Gasteiger partial charge in [-0.05, 0) is 28.7 Å². The van der Waals surface area contributed by atoms with Gasteiger partial charge in [-0.3, -0.25) is 0 Å². The van der Waals surface area contributed by atoms with Crippen LogP contribution in [-0.4, -0.2) is 10.2 Å². The summed E-state index contributed by atoms with van der Waals surface area (Å²) in [5, 5.41) is 15.6. The third-order valence-electron chi connectivity index (χ3n) is 0.796.